The molecule has 0 spiro atoms. The summed E-state index contributed by atoms with van der Waals surface area (Å²) in [6.07, 6.45) is 0. The summed E-state index contributed by atoms with van der Waals surface area (Å²) in [6, 6.07) is 31.5. The van der Waals surface area contributed by atoms with Crippen molar-refractivity contribution in [2.45, 2.75) is 12.8 Å². The van der Waals surface area contributed by atoms with Gasteiger partial charge in [0.15, 0.2) is 0 Å². The Kier molecular flexibility index (Phi) is 6.70. The molecule has 3 aromatic carbocycles. The quantitative estimate of drug-likeness (QED) is 0.399. The molecule has 1 amide bonds. The molecule has 1 aliphatic rings. The maximum Gasteiger partial charge on any atom is 0.234 e. The van der Waals surface area contributed by atoms with E-state index in [0.717, 1.165) is 22.7 Å². The minimum Gasteiger partial charge on any atom is -0.439 e. The third-order valence-corrected chi connectivity index (χ3v) is 6.19. The smallest absolute Gasteiger partial charge is 0.234 e. The van der Waals surface area contributed by atoms with Crippen molar-refractivity contribution in [3.05, 3.63) is 114 Å². The van der Waals surface area contributed by atoms with Gasteiger partial charge < -0.3 is 14.5 Å². The number of carbonyl (C=O) groups is 1. The Bertz CT molecular complexity index is 1220. The Morgan fingerprint density at radius 1 is 0.771 bits per heavy atom. The number of rotatable bonds is 6. The zero-order valence-electron chi connectivity index (χ0n) is 19.7. The minimum absolute atomic E-state index is 0.133. The number of para-hydroxylation sites is 1. The van der Waals surface area contributed by atoms with Crippen molar-refractivity contribution < 1.29 is 9.53 Å². The van der Waals surface area contributed by atoms with Crippen molar-refractivity contribution in [2.24, 2.45) is 0 Å². The van der Waals surface area contributed by atoms with Crippen molar-refractivity contribution in [3.63, 3.8) is 0 Å². The molecule has 0 bridgehead atoms. The Morgan fingerprint density at radius 3 is 1.89 bits per heavy atom. The van der Waals surface area contributed by atoms with Crippen LogP contribution in [0.5, 0.6) is 11.6 Å². The van der Waals surface area contributed by atoms with Crippen molar-refractivity contribution in [3.8, 4) is 11.6 Å². The first kappa shape index (κ1) is 22.6. The molecule has 6 nitrogen and oxygen atoms in total. The van der Waals surface area contributed by atoms with Crippen LogP contribution in [0.3, 0.4) is 0 Å². The number of anilines is 1. The maximum absolute atomic E-state index is 13.7. The minimum atomic E-state index is -0.309. The molecule has 4 aromatic rings. The van der Waals surface area contributed by atoms with Crippen LogP contribution >= 0.6 is 0 Å². The number of aromatic nitrogens is 2. The molecule has 0 saturated carbocycles. The summed E-state index contributed by atoms with van der Waals surface area (Å²) >= 11 is 0. The highest BCUT2D eigenvalue weighted by Crippen LogP contribution is 2.28. The molecule has 0 atom stereocenters. The van der Waals surface area contributed by atoms with Crippen LogP contribution in [0.25, 0.3) is 0 Å². The van der Waals surface area contributed by atoms with Gasteiger partial charge in [0.2, 0.25) is 11.8 Å². The van der Waals surface area contributed by atoms with E-state index >= 15 is 0 Å². The van der Waals surface area contributed by atoms with Gasteiger partial charge in [-0.1, -0.05) is 78.9 Å². The van der Waals surface area contributed by atoms with E-state index in [0.29, 0.717) is 37.9 Å². The second-order valence-corrected chi connectivity index (χ2v) is 8.59. The SMILES string of the molecule is Cc1nc(Oc2ccccc2)cc(N2CCN(C(=O)C(c3ccccc3)c3ccccc3)CC2)n1. The fourth-order valence-corrected chi connectivity index (χ4v) is 4.46. The monoisotopic (exact) mass is 464 g/mol. The summed E-state index contributed by atoms with van der Waals surface area (Å²) in [4.78, 5) is 26.9. The Labute approximate surface area is 205 Å². The zero-order valence-corrected chi connectivity index (χ0v) is 19.7. The number of hydrogen-bond donors (Lipinski definition) is 0. The number of hydrogen-bond acceptors (Lipinski definition) is 5. The second-order valence-electron chi connectivity index (χ2n) is 8.59. The first-order chi connectivity index (χ1) is 17.2. The normalized spacial score (nSPS) is 13.7. The van der Waals surface area contributed by atoms with Crippen molar-refractivity contribution in [1.29, 1.82) is 0 Å². The largest absolute Gasteiger partial charge is 0.439 e. The Morgan fingerprint density at radius 2 is 1.31 bits per heavy atom. The van der Waals surface area contributed by atoms with E-state index in [1.54, 1.807) is 0 Å². The van der Waals surface area contributed by atoms with Gasteiger partial charge >= 0.3 is 0 Å². The Hall–Kier alpha value is -4.19. The van der Waals surface area contributed by atoms with E-state index in [2.05, 4.69) is 14.9 Å². The van der Waals surface area contributed by atoms with E-state index < -0.39 is 0 Å². The van der Waals surface area contributed by atoms with Gasteiger partial charge in [-0.15, -0.1) is 0 Å². The van der Waals surface area contributed by atoms with Crippen LogP contribution in [-0.4, -0.2) is 47.0 Å². The number of ether oxygens (including phenoxy) is 1. The molecule has 2 heterocycles. The summed E-state index contributed by atoms with van der Waals surface area (Å²) in [5, 5.41) is 0. The van der Waals surface area contributed by atoms with Gasteiger partial charge in [0.05, 0.1) is 5.92 Å². The predicted molar refractivity (Wildman–Crippen MR) is 137 cm³/mol. The summed E-state index contributed by atoms with van der Waals surface area (Å²) in [5.74, 6) is 2.55. The van der Waals surface area contributed by atoms with Gasteiger partial charge in [-0.2, -0.15) is 4.98 Å². The topological polar surface area (TPSA) is 58.6 Å². The predicted octanol–water partition coefficient (Wildman–Crippen LogP) is 5.06. The van der Waals surface area contributed by atoms with Crippen LogP contribution in [0.2, 0.25) is 0 Å². The number of carbonyl (C=O) groups excluding carboxylic acids is 1. The lowest BCUT2D eigenvalue weighted by Crippen LogP contribution is -2.50. The molecule has 1 aromatic heterocycles. The van der Waals surface area contributed by atoms with E-state index in [-0.39, 0.29) is 11.8 Å². The standard InChI is InChI=1S/C29H28N4O2/c1-22-30-26(21-27(31-22)35-25-15-9-4-10-16-25)32-17-19-33(20-18-32)29(34)28(23-11-5-2-6-12-23)24-13-7-3-8-14-24/h2-16,21,28H,17-20H2,1H3. The molecule has 35 heavy (non-hydrogen) atoms. The average molecular weight is 465 g/mol. The van der Waals surface area contributed by atoms with Gasteiger partial charge in [0, 0.05) is 32.2 Å². The molecule has 1 fully saturated rings. The first-order valence-electron chi connectivity index (χ1n) is 11.9. The summed E-state index contributed by atoms with van der Waals surface area (Å²) in [6.45, 7) is 4.53. The van der Waals surface area contributed by atoms with Gasteiger partial charge in [-0.25, -0.2) is 4.98 Å². The molecule has 0 aliphatic carbocycles. The van der Waals surface area contributed by atoms with Crippen LogP contribution in [0.15, 0.2) is 97.1 Å². The lowest BCUT2D eigenvalue weighted by atomic mass is 9.90. The van der Waals surface area contributed by atoms with E-state index in [4.69, 9.17) is 4.74 Å². The second kappa shape index (κ2) is 10.4. The van der Waals surface area contributed by atoms with Gasteiger partial charge in [0.25, 0.3) is 0 Å². The number of benzene rings is 3. The molecular formula is C29H28N4O2. The Balaban J connectivity index is 1.30. The lowest BCUT2D eigenvalue weighted by Gasteiger charge is -2.37. The third-order valence-electron chi connectivity index (χ3n) is 6.19. The van der Waals surface area contributed by atoms with Crippen LogP contribution in [0, 0.1) is 6.92 Å². The van der Waals surface area contributed by atoms with E-state index in [1.165, 1.54) is 0 Å². The summed E-state index contributed by atoms with van der Waals surface area (Å²) in [7, 11) is 0. The molecule has 6 heteroatoms. The number of piperazine rings is 1. The number of aryl methyl sites for hydroxylation is 1. The number of nitrogens with zero attached hydrogens (tertiary/aromatic N) is 4. The van der Waals surface area contributed by atoms with Gasteiger partial charge in [-0.3, -0.25) is 4.79 Å². The van der Waals surface area contributed by atoms with E-state index in [9.17, 15) is 4.79 Å². The molecule has 5 rings (SSSR count). The van der Waals surface area contributed by atoms with Crippen LogP contribution in [0.4, 0.5) is 5.82 Å². The van der Waals surface area contributed by atoms with Gasteiger partial charge in [0.1, 0.15) is 17.4 Å². The molecular weight excluding hydrogens is 436 g/mol. The van der Waals surface area contributed by atoms with Crippen LogP contribution < -0.4 is 9.64 Å². The van der Waals surface area contributed by atoms with E-state index in [1.807, 2.05) is 109 Å². The zero-order chi connectivity index (χ0) is 24.0. The first-order valence-corrected chi connectivity index (χ1v) is 11.9. The van der Waals surface area contributed by atoms with Crippen molar-refractivity contribution >= 4 is 11.7 Å². The number of amides is 1. The lowest BCUT2D eigenvalue weighted by molar-refractivity contribution is -0.132. The highest BCUT2D eigenvalue weighted by molar-refractivity contribution is 5.87. The fourth-order valence-electron chi connectivity index (χ4n) is 4.46. The molecule has 1 aliphatic heterocycles. The third kappa shape index (κ3) is 5.32. The molecule has 0 radical (unpaired) electrons. The van der Waals surface area contributed by atoms with Crippen molar-refractivity contribution in [2.75, 3.05) is 31.1 Å². The fraction of sp³-hybridized carbons (Fsp3) is 0.207. The van der Waals surface area contributed by atoms with Gasteiger partial charge in [-0.05, 0) is 30.2 Å². The molecule has 176 valence electrons. The molecule has 0 unspecified atom stereocenters. The molecule has 0 N–H and O–H groups in total. The summed E-state index contributed by atoms with van der Waals surface area (Å²) < 4.78 is 5.94. The average Bonchev–Trinajstić information content (AvgIpc) is 2.90. The van der Waals surface area contributed by atoms with Crippen LogP contribution in [-0.2, 0) is 4.79 Å². The van der Waals surface area contributed by atoms with Crippen molar-refractivity contribution in [1.82, 2.24) is 14.9 Å². The highest BCUT2D eigenvalue weighted by Gasteiger charge is 2.30. The summed E-state index contributed by atoms with van der Waals surface area (Å²) in [5.41, 5.74) is 2.03. The van der Waals surface area contributed by atoms with Crippen LogP contribution in [0.1, 0.15) is 22.9 Å². The highest BCUT2D eigenvalue weighted by atomic mass is 16.5. The maximum atomic E-state index is 13.7. The molecule has 1 saturated heterocycles.